The smallest absolute Gasteiger partial charge is 0.150 e. The summed E-state index contributed by atoms with van der Waals surface area (Å²) in [6.45, 7) is 2.96. The summed E-state index contributed by atoms with van der Waals surface area (Å²) in [5.41, 5.74) is 1.41. The molecule has 0 radical (unpaired) electrons. The van der Waals surface area contributed by atoms with Gasteiger partial charge < -0.3 is 4.90 Å². The third kappa shape index (κ3) is 3.61. The van der Waals surface area contributed by atoms with Gasteiger partial charge in [-0.25, -0.2) is 8.78 Å². The van der Waals surface area contributed by atoms with E-state index >= 15 is 0 Å². The SMILES string of the molecule is O=Cc1ccccc1-c1cc(F)c(N2CCN(C3CCCC3)CC2)c(F)c1. The summed E-state index contributed by atoms with van der Waals surface area (Å²) in [4.78, 5) is 15.5. The molecule has 1 saturated heterocycles. The van der Waals surface area contributed by atoms with Crippen LogP contribution in [0.1, 0.15) is 36.0 Å². The molecule has 3 nitrogen and oxygen atoms in total. The molecule has 0 unspecified atom stereocenters. The molecule has 4 rings (SSSR count). The van der Waals surface area contributed by atoms with Gasteiger partial charge in [0.1, 0.15) is 17.3 Å². The first kappa shape index (κ1) is 18.1. The predicted octanol–water partition coefficient (Wildman–Crippen LogP) is 4.51. The summed E-state index contributed by atoms with van der Waals surface area (Å²) in [7, 11) is 0. The van der Waals surface area contributed by atoms with Gasteiger partial charge in [0, 0.05) is 37.8 Å². The number of anilines is 1. The van der Waals surface area contributed by atoms with Gasteiger partial charge in [-0.3, -0.25) is 9.69 Å². The second-order valence-corrected chi connectivity index (χ2v) is 7.45. The summed E-state index contributed by atoms with van der Waals surface area (Å²) in [5.74, 6) is -1.14. The largest absolute Gasteiger partial charge is 0.364 e. The molecule has 0 atom stereocenters. The number of carbonyl (C=O) groups excluding carboxylic acids is 1. The van der Waals surface area contributed by atoms with Crippen LogP contribution < -0.4 is 4.90 Å². The molecular weight excluding hydrogens is 346 g/mol. The van der Waals surface area contributed by atoms with Crippen LogP contribution in [0, 0.1) is 11.6 Å². The maximum absolute atomic E-state index is 14.8. The molecular formula is C22H24F2N2O. The third-order valence-corrected chi connectivity index (χ3v) is 5.89. The van der Waals surface area contributed by atoms with E-state index in [9.17, 15) is 13.6 Å². The van der Waals surface area contributed by atoms with Crippen LogP contribution in [0.25, 0.3) is 11.1 Å². The van der Waals surface area contributed by atoms with E-state index in [4.69, 9.17) is 0 Å². The zero-order valence-electron chi connectivity index (χ0n) is 15.3. The monoisotopic (exact) mass is 370 g/mol. The molecule has 0 aromatic heterocycles. The van der Waals surface area contributed by atoms with Gasteiger partial charge in [0.2, 0.25) is 0 Å². The van der Waals surface area contributed by atoms with E-state index in [-0.39, 0.29) is 5.69 Å². The lowest BCUT2D eigenvalue weighted by atomic mass is 9.99. The first-order chi connectivity index (χ1) is 13.2. The maximum atomic E-state index is 14.8. The Morgan fingerprint density at radius 3 is 2.19 bits per heavy atom. The zero-order valence-corrected chi connectivity index (χ0v) is 15.3. The van der Waals surface area contributed by atoms with E-state index in [0.717, 1.165) is 13.1 Å². The molecule has 2 aromatic carbocycles. The molecule has 27 heavy (non-hydrogen) atoms. The molecule has 0 N–H and O–H groups in total. The van der Waals surface area contributed by atoms with E-state index in [1.807, 2.05) is 4.90 Å². The Hall–Kier alpha value is -2.27. The first-order valence-corrected chi connectivity index (χ1v) is 9.70. The summed E-state index contributed by atoms with van der Waals surface area (Å²) in [5, 5.41) is 0. The number of halogens is 2. The van der Waals surface area contributed by atoms with Crippen molar-refractivity contribution in [3.63, 3.8) is 0 Å². The number of aldehydes is 1. The standard InChI is InChI=1S/C22H24F2N2O/c23-20-13-17(19-8-4-1-5-16(19)15-27)14-21(24)22(20)26-11-9-25(10-12-26)18-6-2-3-7-18/h1,4-5,8,13-15,18H,2-3,6-7,9-12H2. The molecule has 1 saturated carbocycles. The van der Waals surface area contributed by atoms with Gasteiger partial charge in [-0.15, -0.1) is 0 Å². The highest BCUT2D eigenvalue weighted by Gasteiger charge is 2.28. The number of nitrogens with zero attached hydrogens (tertiary/aromatic N) is 2. The van der Waals surface area contributed by atoms with Crippen LogP contribution in [0.5, 0.6) is 0 Å². The highest BCUT2D eigenvalue weighted by molar-refractivity contribution is 5.87. The first-order valence-electron chi connectivity index (χ1n) is 9.70. The number of benzene rings is 2. The maximum Gasteiger partial charge on any atom is 0.150 e. The second-order valence-electron chi connectivity index (χ2n) is 7.45. The topological polar surface area (TPSA) is 23.6 Å². The van der Waals surface area contributed by atoms with E-state index < -0.39 is 11.6 Å². The third-order valence-electron chi connectivity index (χ3n) is 5.89. The van der Waals surface area contributed by atoms with Crippen LogP contribution in [0.2, 0.25) is 0 Å². The van der Waals surface area contributed by atoms with Crippen molar-refractivity contribution in [2.45, 2.75) is 31.7 Å². The molecule has 2 aliphatic rings. The molecule has 1 aliphatic carbocycles. The normalized spacial score (nSPS) is 18.8. The summed E-state index contributed by atoms with van der Waals surface area (Å²) in [6.07, 6.45) is 5.78. The Morgan fingerprint density at radius 1 is 0.926 bits per heavy atom. The average Bonchev–Trinajstić information content (AvgIpc) is 3.23. The van der Waals surface area contributed by atoms with Crippen LogP contribution in [-0.2, 0) is 0 Å². The van der Waals surface area contributed by atoms with Gasteiger partial charge >= 0.3 is 0 Å². The van der Waals surface area contributed by atoms with Crippen molar-refractivity contribution in [2.24, 2.45) is 0 Å². The lowest BCUT2D eigenvalue weighted by Crippen LogP contribution is -2.50. The number of rotatable bonds is 4. The molecule has 0 bridgehead atoms. The number of hydrogen-bond acceptors (Lipinski definition) is 3. The van der Waals surface area contributed by atoms with Crippen LogP contribution in [-0.4, -0.2) is 43.4 Å². The molecule has 142 valence electrons. The van der Waals surface area contributed by atoms with Crippen LogP contribution >= 0.6 is 0 Å². The van der Waals surface area contributed by atoms with Crippen LogP contribution in [0.3, 0.4) is 0 Å². The fraction of sp³-hybridized carbons (Fsp3) is 0.409. The van der Waals surface area contributed by atoms with Gasteiger partial charge in [0.05, 0.1) is 0 Å². The van der Waals surface area contributed by atoms with Crippen molar-refractivity contribution >= 4 is 12.0 Å². The van der Waals surface area contributed by atoms with Gasteiger partial charge in [-0.2, -0.15) is 0 Å². The average molecular weight is 370 g/mol. The van der Waals surface area contributed by atoms with Crippen molar-refractivity contribution in [3.8, 4) is 11.1 Å². The highest BCUT2D eigenvalue weighted by Crippen LogP contribution is 2.32. The lowest BCUT2D eigenvalue weighted by Gasteiger charge is -2.39. The Balaban J connectivity index is 1.55. The fourth-order valence-electron chi connectivity index (χ4n) is 4.47. The highest BCUT2D eigenvalue weighted by atomic mass is 19.1. The molecule has 0 spiro atoms. The van der Waals surface area contributed by atoms with Gasteiger partial charge in [-0.1, -0.05) is 37.1 Å². The van der Waals surface area contributed by atoms with E-state index in [1.54, 1.807) is 24.3 Å². The quantitative estimate of drug-likeness (QED) is 0.740. The second kappa shape index (κ2) is 7.77. The van der Waals surface area contributed by atoms with Crippen molar-refractivity contribution < 1.29 is 13.6 Å². The van der Waals surface area contributed by atoms with Crippen LogP contribution in [0.4, 0.5) is 14.5 Å². The van der Waals surface area contributed by atoms with Crippen molar-refractivity contribution in [2.75, 3.05) is 31.1 Å². The molecule has 0 amide bonds. The number of hydrogen-bond donors (Lipinski definition) is 0. The Kier molecular flexibility index (Phi) is 5.21. The minimum Gasteiger partial charge on any atom is -0.364 e. The van der Waals surface area contributed by atoms with Crippen LogP contribution in [0.15, 0.2) is 36.4 Å². The van der Waals surface area contributed by atoms with Gasteiger partial charge in [0.15, 0.2) is 6.29 Å². The Morgan fingerprint density at radius 2 is 1.56 bits per heavy atom. The number of piperazine rings is 1. The predicted molar refractivity (Wildman–Crippen MR) is 103 cm³/mol. The van der Waals surface area contributed by atoms with E-state index in [1.165, 1.54) is 37.8 Å². The summed E-state index contributed by atoms with van der Waals surface area (Å²) in [6, 6.07) is 10.2. The number of carbonyl (C=O) groups is 1. The van der Waals surface area contributed by atoms with Gasteiger partial charge in [0.25, 0.3) is 0 Å². The molecule has 5 heteroatoms. The molecule has 2 aromatic rings. The molecule has 1 heterocycles. The zero-order chi connectivity index (χ0) is 18.8. The Labute approximate surface area is 158 Å². The van der Waals surface area contributed by atoms with Crippen molar-refractivity contribution in [1.82, 2.24) is 4.90 Å². The Bertz CT molecular complexity index is 802. The van der Waals surface area contributed by atoms with Crippen molar-refractivity contribution in [3.05, 3.63) is 53.6 Å². The minimum atomic E-state index is -0.569. The summed E-state index contributed by atoms with van der Waals surface area (Å²) < 4.78 is 29.7. The summed E-state index contributed by atoms with van der Waals surface area (Å²) >= 11 is 0. The molecule has 1 aliphatic heterocycles. The molecule has 2 fully saturated rings. The van der Waals surface area contributed by atoms with E-state index in [0.29, 0.717) is 42.1 Å². The fourth-order valence-corrected chi connectivity index (χ4v) is 4.47. The van der Waals surface area contributed by atoms with Crippen molar-refractivity contribution in [1.29, 1.82) is 0 Å². The van der Waals surface area contributed by atoms with Gasteiger partial charge in [-0.05, 0) is 36.1 Å². The lowest BCUT2D eigenvalue weighted by molar-refractivity contribution is 0.112. The van der Waals surface area contributed by atoms with E-state index in [2.05, 4.69) is 4.90 Å². The minimum absolute atomic E-state index is 0.0495.